The van der Waals surface area contributed by atoms with Crippen LogP contribution >= 0.6 is 0 Å². The molecule has 0 bridgehead atoms. The predicted molar refractivity (Wildman–Crippen MR) is 117 cm³/mol. The summed E-state index contributed by atoms with van der Waals surface area (Å²) in [4.78, 5) is 31.0. The van der Waals surface area contributed by atoms with E-state index >= 15 is 0 Å². The Morgan fingerprint density at radius 2 is 1.62 bits per heavy atom. The van der Waals surface area contributed by atoms with Crippen LogP contribution in [0.25, 0.3) is 0 Å². The summed E-state index contributed by atoms with van der Waals surface area (Å²) in [5.74, 6) is 0.258. The Morgan fingerprint density at radius 3 is 2.28 bits per heavy atom. The molecule has 2 amide bonds. The van der Waals surface area contributed by atoms with Gasteiger partial charge in [-0.2, -0.15) is 0 Å². The van der Waals surface area contributed by atoms with E-state index in [1.165, 1.54) is 5.69 Å². The third kappa shape index (κ3) is 7.35. The molecule has 1 aliphatic rings. The van der Waals surface area contributed by atoms with Crippen molar-refractivity contribution in [3.05, 3.63) is 29.8 Å². The molecule has 1 heterocycles. The van der Waals surface area contributed by atoms with E-state index < -0.39 is 0 Å². The van der Waals surface area contributed by atoms with Gasteiger partial charge in [-0.05, 0) is 30.9 Å². The molecule has 29 heavy (non-hydrogen) atoms. The van der Waals surface area contributed by atoms with Crippen molar-refractivity contribution in [2.45, 2.75) is 52.5 Å². The van der Waals surface area contributed by atoms with Gasteiger partial charge in [0.15, 0.2) is 0 Å². The maximum absolute atomic E-state index is 12.6. The molecule has 0 N–H and O–H groups in total. The molecule has 1 aromatic rings. The van der Waals surface area contributed by atoms with Crippen LogP contribution in [0, 0.1) is 0 Å². The number of carbonyl (C=O) groups excluding carboxylic acids is 2. The fourth-order valence-electron chi connectivity index (χ4n) is 3.74. The van der Waals surface area contributed by atoms with Crippen molar-refractivity contribution in [1.29, 1.82) is 0 Å². The van der Waals surface area contributed by atoms with Gasteiger partial charge in [-0.3, -0.25) is 9.59 Å². The largest absolute Gasteiger partial charge is 0.378 e. The molecule has 2 rings (SSSR count). The van der Waals surface area contributed by atoms with Crippen molar-refractivity contribution >= 4 is 17.5 Å². The Bertz CT molecular complexity index is 638. The summed E-state index contributed by atoms with van der Waals surface area (Å²) >= 11 is 0. The van der Waals surface area contributed by atoms with E-state index in [0.29, 0.717) is 25.8 Å². The monoisotopic (exact) mass is 403 g/mol. The summed E-state index contributed by atoms with van der Waals surface area (Å²) in [5, 5.41) is 0. The van der Waals surface area contributed by atoms with Gasteiger partial charge < -0.3 is 19.4 Å². The maximum Gasteiger partial charge on any atom is 0.222 e. The van der Waals surface area contributed by atoms with Crippen molar-refractivity contribution in [3.8, 4) is 0 Å². The Labute approximate surface area is 175 Å². The van der Waals surface area contributed by atoms with Crippen molar-refractivity contribution in [2.75, 3.05) is 51.3 Å². The molecular formula is C23H37N3O3. The van der Waals surface area contributed by atoms with Crippen LogP contribution < -0.4 is 4.90 Å². The van der Waals surface area contributed by atoms with Crippen molar-refractivity contribution in [2.24, 2.45) is 0 Å². The first-order chi connectivity index (χ1) is 14.1. The summed E-state index contributed by atoms with van der Waals surface area (Å²) in [6.07, 6.45) is 3.40. The van der Waals surface area contributed by atoms with Crippen LogP contribution in [0.5, 0.6) is 0 Å². The Kier molecular flexibility index (Phi) is 9.98. The van der Waals surface area contributed by atoms with Crippen LogP contribution in [0.3, 0.4) is 0 Å². The molecule has 6 heteroatoms. The number of hydrogen-bond acceptors (Lipinski definition) is 4. The lowest BCUT2D eigenvalue weighted by Gasteiger charge is -2.31. The van der Waals surface area contributed by atoms with Gasteiger partial charge in [0.05, 0.1) is 13.2 Å². The van der Waals surface area contributed by atoms with Crippen molar-refractivity contribution in [1.82, 2.24) is 9.80 Å². The van der Waals surface area contributed by atoms with E-state index in [-0.39, 0.29) is 11.8 Å². The molecule has 0 aliphatic carbocycles. The fraction of sp³-hybridized carbons (Fsp3) is 0.652. The molecule has 6 nitrogen and oxygen atoms in total. The Morgan fingerprint density at radius 1 is 1.00 bits per heavy atom. The number of amides is 2. The van der Waals surface area contributed by atoms with E-state index in [1.807, 2.05) is 24.1 Å². The number of hydrogen-bond donors (Lipinski definition) is 0. The molecule has 0 radical (unpaired) electrons. The maximum atomic E-state index is 12.6. The average molecular weight is 404 g/mol. The number of nitrogens with zero attached hydrogens (tertiary/aromatic N) is 3. The number of para-hydroxylation sites is 1. The van der Waals surface area contributed by atoms with Crippen molar-refractivity contribution < 1.29 is 14.3 Å². The highest BCUT2D eigenvalue weighted by atomic mass is 16.5. The van der Waals surface area contributed by atoms with Gasteiger partial charge in [0.25, 0.3) is 0 Å². The Balaban J connectivity index is 1.84. The molecule has 1 fully saturated rings. The summed E-state index contributed by atoms with van der Waals surface area (Å²) in [5.41, 5.74) is 2.33. The molecule has 0 saturated carbocycles. The van der Waals surface area contributed by atoms with Crippen LogP contribution in [0.2, 0.25) is 0 Å². The minimum Gasteiger partial charge on any atom is -0.378 e. The highest BCUT2D eigenvalue weighted by Crippen LogP contribution is 2.23. The van der Waals surface area contributed by atoms with Gasteiger partial charge in [0.2, 0.25) is 11.8 Å². The number of anilines is 1. The van der Waals surface area contributed by atoms with Crippen LogP contribution in [0.15, 0.2) is 24.3 Å². The van der Waals surface area contributed by atoms with Crippen LogP contribution in [-0.4, -0.2) is 68.1 Å². The zero-order valence-corrected chi connectivity index (χ0v) is 18.4. The number of carbonyl (C=O) groups is 2. The lowest BCUT2D eigenvalue weighted by molar-refractivity contribution is -0.132. The normalized spacial score (nSPS) is 14.0. The number of rotatable bonds is 11. The highest BCUT2D eigenvalue weighted by Gasteiger charge is 2.18. The second-order valence-corrected chi connectivity index (χ2v) is 7.71. The van der Waals surface area contributed by atoms with Gasteiger partial charge in [-0.15, -0.1) is 0 Å². The molecule has 0 aromatic heterocycles. The summed E-state index contributed by atoms with van der Waals surface area (Å²) in [6, 6.07) is 8.27. The second kappa shape index (κ2) is 12.5. The smallest absolute Gasteiger partial charge is 0.222 e. The summed E-state index contributed by atoms with van der Waals surface area (Å²) in [6.45, 7) is 9.60. The zero-order valence-electron chi connectivity index (χ0n) is 18.4. The SMILES string of the molecule is CCCN(CCC)C(=O)CCCC(=O)N(C)Cc1ccccc1N1CCOCC1. The lowest BCUT2D eigenvalue weighted by Crippen LogP contribution is -2.37. The van der Waals surface area contributed by atoms with E-state index in [1.54, 1.807) is 4.90 Å². The molecule has 1 aliphatic heterocycles. The molecule has 0 spiro atoms. The van der Waals surface area contributed by atoms with E-state index in [2.05, 4.69) is 30.9 Å². The minimum absolute atomic E-state index is 0.0899. The first-order valence-corrected chi connectivity index (χ1v) is 11.0. The van der Waals surface area contributed by atoms with E-state index in [9.17, 15) is 9.59 Å². The second-order valence-electron chi connectivity index (χ2n) is 7.71. The lowest BCUT2D eigenvalue weighted by atomic mass is 10.1. The van der Waals surface area contributed by atoms with Gasteiger partial charge in [-0.1, -0.05) is 32.0 Å². The molecule has 1 aromatic carbocycles. The third-order valence-electron chi connectivity index (χ3n) is 5.30. The summed E-state index contributed by atoms with van der Waals surface area (Å²) < 4.78 is 5.45. The first-order valence-electron chi connectivity index (χ1n) is 11.0. The average Bonchev–Trinajstić information content (AvgIpc) is 2.74. The zero-order chi connectivity index (χ0) is 21.1. The standard InChI is InChI=1S/C23H37N3O3/c1-4-13-26(14-5-2)23(28)12-8-11-22(27)24(3)19-20-9-6-7-10-21(20)25-15-17-29-18-16-25/h6-7,9-10H,4-5,8,11-19H2,1-3H3. The molecular weight excluding hydrogens is 366 g/mol. The minimum atomic E-state index is 0.0899. The highest BCUT2D eigenvalue weighted by molar-refractivity contribution is 5.79. The van der Waals surface area contributed by atoms with Gasteiger partial charge in [0, 0.05) is 58.3 Å². The van der Waals surface area contributed by atoms with Gasteiger partial charge in [0.1, 0.15) is 0 Å². The molecule has 162 valence electrons. The van der Waals surface area contributed by atoms with Gasteiger partial charge >= 0.3 is 0 Å². The number of ether oxygens (including phenoxy) is 1. The van der Waals surface area contributed by atoms with Crippen LogP contribution in [0.4, 0.5) is 5.69 Å². The molecule has 1 saturated heterocycles. The Hall–Kier alpha value is -2.08. The van der Waals surface area contributed by atoms with Crippen molar-refractivity contribution in [3.63, 3.8) is 0 Å². The van der Waals surface area contributed by atoms with Gasteiger partial charge in [-0.25, -0.2) is 0 Å². The first kappa shape index (κ1) is 23.2. The third-order valence-corrected chi connectivity index (χ3v) is 5.30. The molecule has 0 unspecified atom stereocenters. The van der Waals surface area contributed by atoms with E-state index in [0.717, 1.165) is 57.8 Å². The van der Waals surface area contributed by atoms with Crippen LogP contribution in [0.1, 0.15) is 51.5 Å². The number of benzene rings is 1. The predicted octanol–water partition coefficient (Wildman–Crippen LogP) is 3.30. The summed E-state index contributed by atoms with van der Waals surface area (Å²) in [7, 11) is 1.85. The van der Waals surface area contributed by atoms with E-state index in [4.69, 9.17) is 4.74 Å². The topological polar surface area (TPSA) is 53.1 Å². The number of morpholine rings is 1. The molecule has 0 atom stereocenters. The quantitative estimate of drug-likeness (QED) is 0.569. The van der Waals surface area contributed by atoms with Crippen LogP contribution in [-0.2, 0) is 20.9 Å². The fourth-order valence-corrected chi connectivity index (χ4v) is 3.74.